The SMILES string of the molecule is CC[C@H](C)[C@@H]1NC(=O)[C@H](CC2CCCCC2)N(C)C(=O)C[C@@H](C)N(C)C(=O)[C@H](CC(C)C)NC(=O)C(C)(C)N(C)C(=O)[C@H](CC(C)C)NC(=O)[C@H](CCC2CCC(C(F)(F)F)CC2)NC(=O)CN(C)C(=O)[C@H](CC2CCC(Cl)CC2)N(C)C(=O)CN(C)C(=O)CN(C)C1=O. The minimum absolute atomic E-state index is 0.0403. The minimum Gasteiger partial charge on any atom is -0.343 e. The molecule has 4 aliphatic rings. The quantitative estimate of drug-likeness (QED) is 0.138. The second-order valence-electron chi connectivity index (χ2n) is 29.4. The van der Waals surface area contributed by atoms with Crippen molar-refractivity contribution in [2.45, 2.75) is 257 Å². The van der Waals surface area contributed by atoms with Crippen LogP contribution in [0.2, 0.25) is 0 Å². The lowest BCUT2D eigenvalue weighted by molar-refractivity contribution is -0.184. The summed E-state index contributed by atoms with van der Waals surface area (Å²) in [4.78, 5) is 169. The number of amides is 11. The lowest BCUT2D eigenvalue weighted by Crippen LogP contribution is -2.63. The zero-order valence-corrected chi connectivity index (χ0v) is 60.0. The summed E-state index contributed by atoms with van der Waals surface area (Å²) < 4.78 is 41.3. The van der Waals surface area contributed by atoms with E-state index in [1.165, 1.54) is 87.7 Å². The van der Waals surface area contributed by atoms with Crippen molar-refractivity contribution in [2.24, 2.45) is 41.4 Å². The van der Waals surface area contributed by atoms with Gasteiger partial charge in [0, 0.05) is 67.2 Å². The molecule has 4 N–H and O–H groups in total. The van der Waals surface area contributed by atoms with Crippen LogP contribution in [-0.2, 0) is 52.7 Å². The Labute approximate surface area is 562 Å². The zero-order chi connectivity index (χ0) is 70.9. The first-order valence-electron chi connectivity index (χ1n) is 34.5. The van der Waals surface area contributed by atoms with Gasteiger partial charge in [-0.05, 0) is 146 Å². The van der Waals surface area contributed by atoms with Gasteiger partial charge in [-0.15, -0.1) is 11.6 Å². The summed E-state index contributed by atoms with van der Waals surface area (Å²) in [5.74, 6) is -9.31. The lowest BCUT2D eigenvalue weighted by atomic mass is 9.79. The Hall–Kier alpha value is -5.75. The van der Waals surface area contributed by atoms with Crippen LogP contribution in [-0.4, -0.2) is 228 Å². The molecule has 94 heavy (non-hydrogen) atoms. The molecule has 3 saturated carbocycles. The molecule has 0 aromatic heterocycles. The Morgan fingerprint density at radius 3 is 1.59 bits per heavy atom. The van der Waals surface area contributed by atoms with Gasteiger partial charge in [0.15, 0.2) is 0 Å². The van der Waals surface area contributed by atoms with Crippen molar-refractivity contribution in [3.8, 4) is 0 Å². The van der Waals surface area contributed by atoms with Crippen LogP contribution in [0.25, 0.3) is 0 Å². The van der Waals surface area contributed by atoms with E-state index in [2.05, 4.69) is 21.3 Å². The minimum atomic E-state index is -4.35. The van der Waals surface area contributed by atoms with E-state index in [0.29, 0.717) is 38.5 Å². The van der Waals surface area contributed by atoms with E-state index in [1.54, 1.807) is 13.8 Å². The Bertz CT molecular complexity index is 2590. The maximum Gasteiger partial charge on any atom is 0.391 e. The molecule has 0 spiro atoms. The summed E-state index contributed by atoms with van der Waals surface area (Å²) in [7, 11) is 10.1. The predicted molar refractivity (Wildman–Crippen MR) is 354 cm³/mol. The van der Waals surface area contributed by atoms with E-state index < -0.39 is 150 Å². The number of alkyl halides is 4. The highest BCUT2D eigenvalue weighted by molar-refractivity contribution is 6.20. The third-order valence-electron chi connectivity index (χ3n) is 20.7. The monoisotopic (exact) mass is 1350 g/mol. The third kappa shape index (κ3) is 23.5. The number of halogens is 4. The van der Waals surface area contributed by atoms with Crippen LogP contribution in [0.3, 0.4) is 0 Å². The average molecular weight is 1360 g/mol. The van der Waals surface area contributed by atoms with Crippen molar-refractivity contribution in [1.82, 2.24) is 55.6 Å². The van der Waals surface area contributed by atoms with Gasteiger partial charge in [-0.2, -0.15) is 13.2 Å². The van der Waals surface area contributed by atoms with Gasteiger partial charge in [0.1, 0.15) is 41.8 Å². The number of hydrogen-bond donors (Lipinski definition) is 4. The van der Waals surface area contributed by atoms with Crippen molar-refractivity contribution < 1.29 is 65.9 Å². The second-order valence-corrected chi connectivity index (χ2v) is 30.0. The number of nitrogens with one attached hydrogen (secondary N) is 4. The molecule has 26 heteroatoms. The first kappa shape index (κ1) is 80.7. The van der Waals surface area contributed by atoms with Gasteiger partial charge in [-0.1, -0.05) is 80.1 Å². The Morgan fingerprint density at radius 2 is 1.03 bits per heavy atom. The Kier molecular flexibility index (Phi) is 31.4. The molecule has 0 bridgehead atoms. The number of carbonyl (C=O) groups excluding carboxylic acids is 11. The van der Waals surface area contributed by atoms with Crippen LogP contribution in [0.5, 0.6) is 0 Å². The number of nitrogens with zero attached hydrogens (tertiary/aromatic N) is 7. The van der Waals surface area contributed by atoms with Gasteiger partial charge in [0.25, 0.3) is 0 Å². The van der Waals surface area contributed by atoms with Crippen molar-refractivity contribution in [3.05, 3.63) is 0 Å². The number of hydrogen-bond acceptors (Lipinski definition) is 11. The van der Waals surface area contributed by atoms with Crippen LogP contribution < -0.4 is 21.3 Å². The van der Waals surface area contributed by atoms with Gasteiger partial charge in [0.2, 0.25) is 65.0 Å². The summed E-state index contributed by atoms with van der Waals surface area (Å²) >= 11 is 6.49. The molecule has 4 rings (SSSR count). The van der Waals surface area contributed by atoms with Crippen LogP contribution >= 0.6 is 11.6 Å². The van der Waals surface area contributed by atoms with Crippen LogP contribution in [0.15, 0.2) is 0 Å². The molecular formula is C68H115ClF3N11O11. The molecule has 11 amide bonds. The first-order valence-corrected chi connectivity index (χ1v) is 34.9. The van der Waals surface area contributed by atoms with E-state index in [4.69, 9.17) is 11.6 Å². The van der Waals surface area contributed by atoms with Crippen LogP contribution in [0.1, 0.15) is 197 Å². The second kappa shape index (κ2) is 36.6. The number of carbonyl (C=O) groups is 11. The number of likely N-dealkylation sites (N-methyl/N-ethyl adjacent to an activating group) is 7. The van der Waals surface area contributed by atoms with Gasteiger partial charge in [-0.3, -0.25) is 52.7 Å². The molecular weight excluding hydrogens is 1240 g/mol. The van der Waals surface area contributed by atoms with Crippen LogP contribution in [0, 0.1) is 41.4 Å². The van der Waals surface area contributed by atoms with E-state index in [0.717, 1.165) is 41.9 Å². The average Bonchev–Trinajstić information content (AvgIpc) is 0.845. The first-order chi connectivity index (χ1) is 43.8. The number of rotatable bonds is 13. The molecule has 0 aromatic rings. The summed E-state index contributed by atoms with van der Waals surface area (Å²) in [6.07, 6.45) is 4.40. The van der Waals surface area contributed by atoms with E-state index in [1.807, 2.05) is 34.6 Å². The smallest absolute Gasteiger partial charge is 0.343 e. The normalized spacial score (nSPS) is 29.6. The van der Waals surface area contributed by atoms with E-state index in [-0.39, 0.29) is 99.2 Å². The fourth-order valence-corrected chi connectivity index (χ4v) is 13.7. The molecule has 0 unspecified atom stereocenters. The maximum absolute atomic E-state index is 14.9. The molecule has 536 valence electrons. The molecule has 0 radical (unpaired) electrons. The molecule has 0 aromatic carbocycles. The third-order valence-corrected chi connectivity index (χ3v) is 21.1. The molecule has 1 saturated heterocycles. The van der Waals surface area contributed by atoms with Gasteiger partial charge < -0.3 is 55.6 Å². The standard InChI is InChI=1S/C68H115ClF3N11O11/c1-17-43(6)59-65(93)79(12)39-57(86)77(10)40-58(87)82(15)54(37-47-25-30-49(69)31-26-47)64(92)78(11)38-55(84)73-50(32-27-45-23-28-48(29-24-45)68(70,71)72)60(88)74-52(34-42(4)5)63(91)83(16)67(8,9)66(94)75-51(33-41(2)3)62(90)80(13)44(7)35-56(85)81(14)53(61(89)76-59)36-46-21-19-18-20-22-46/h41-54,59H,17-40H2,1-16H3,(H,73,84)(H,74,88)(H,75,94)(H,76,89)/t43-,44+,45?,47?,48?,49?,50-,51-,52-,53-,54-,59-/m0/s1. The maximum atomic E-state index is 14.9. The van der Waals surface area contributed by atoms with Crippen molar-refractivity contribution >= 4 is 76.6 Å². The molecule has 8 atom stereocenters. The highest BCUT2D eigenvalue weighted by atomic mass is 35.5. The Morgan fingerprint density at radius 1 is 0.521 bits per heavy atom. The van der Waals surface area contributed by atoms with E-state index >= 15 is 0 Å². The van der Waals surface area contributed by atoms with Gasteiger partial charge in [-0.25, -0.2) is 0 Å². The predicted octanol–water partition coefficient (Wildman–Crippen LogP) is 6.89. The highest BCUT2D eigenvalue weighted by Gasteiger charge is 2.45. The molecule has 1 heterocycles. The summed E-state index contributed by atoms with van der Waals surface area (Å²) in [6.45, 7) is 14.1. The van der Waals surface area contributed by atoms with Crippen molar-refractivity contribution in [2.75, 3.05) is 69.0 Å². The summed E-state index contributed by atoms with van der Waals surface area (Å²) in [5.41, 5.74) is -1.67. The lowest BCUT2D eigenvalue weighted by Gasteiger charge is -2.39. The Balaban J connectivity index is 1.81. The fraction of sp³-hybridized carbons (Fsp3) is 0.838. The van der Waals surface area contributed by atoms with Crippen LogP contribution in [0.4, 0.5) is 13.2 Å². The largest absolute Gasteiger partial charge is 0.391 e. The molecule has 3 aliphatic carbocycles. The van der Waals surface area contributed by atoms with Gasteiger partial charge in [0.05, 0.1) is 25.6 Å². The fourth-order valence-electron chi connectivity index (χ4n) is 13.5. The van der Waals surface area contributed by atoms with Crippen molar-refractivity contribution in [3.63, 3.8) is 0 Å². The molecule has 22 nitrogen and oxygen atoms in total. The van der Waals surface area contributed by atoms with Gasteiger partial charge >= 0.3 is 6.18 Å². The zero-order valence-electron chi connectivity index (χ0n) is 59.3. The highest BCUT2D eigenvalue weighted by Crippen LogP contribution is 2.41. The molecule has 1 aliphatic heterocycles. The van der Waals surface area contributed by atoms with Crippen molar-refractivity contribution in [1.29, 1.82) is 0 Å². The summed E-state index contributed by atoms with van der Waals surface area (Å²) in [5, 5.41) is 11.4. The molecule has 4 fully saturated rings. The summed E-state index contributed by atoms with van der Waals surface area (Å²) in [6, 6.07) is -7.81. The topological polar surface area (TPSA) is 259 Å². The van der Waals surface area contributed by atoms with E-state index in [9.17, 15) is 65.9 Å².